The molecule has 4 atom stereocenters. The van der Waals surface area contributed by atoms with Crippen molar-refractivity contribution < 1.29 is 18.7 Å². The van der Waals surface area contributed by atoms with Gasteiger partial charge in [-0.25, -0.2) is 9.07 Å². The van der Waals surface area contributed by atoms with Gasteiger partial charge in [-0.1, -0.05) is 35.3 Å². The van der Waals surface area contributed by atoms with Crippen molar-refractivity contribution in [3.8, 4) is 5.75 Å². The van der Waals surface area contributed by atoms with E-state index < -0.39 is 11.9 Å². The van der Waals surface area contributed by atoms with Gasteiger partial charge in [0.1, 0.15) is 17.7 Å². The molecule has 2 aliphatic rings. The third-order valence-electron chi connectivity index (χ3n) is 8.26. The summed E-state index contributed by atoms with van der Waals surface area (Å²) in [7, 11) is 0. The van der Waals surface area contributed by atoms with Gasteiger partial charge in [-0.15, -0.1) is 0 Å². The molecular weight excluding hydrogens is 616 g/mol. The summed E-state index contributed by atoms with van der Waals surface area (Å²) in [5.41, 5.74) is 2.77. The van der Waals surface area contributed by atoms with Crippen LogP contribution >= 0.6 is 23.2 Å². The van der Waals surface area contributed by atoms with Crippen LogP contribution in [0.2, 0.25) is 10.0 Å². The third kappa shape index (κ3) is 6.87. The number of ether oxygens (including phenoxy) is 2. The highest BCUT2D eigenvalue weighted by Crippen LogP contribution is 2.36. The minimum Gasteiger partial charge on any atom is -0.486 e. The fraction of sp³-hybridized carbons (Fsp3) is 0.382. The SMILES string of the molecule is C[C@@H]1CN(C(=O)c2ccc(/C(F)=C/c3nn(C4CCCCO4)c4ccc(O[C@H](C)c5c(Cl)cncc5Cl)cc34)cc2)C[C@H](C)N1. The molecule has 8 nitrogen and oxygen atoms in total. The van der Waals surface area contributed by atoms with Crippen LogP contribution in [-0.2, 0) is 4.74 Å². The summed E-state index contributed by atoms with van der Waals surface area (Å²) in [5.74, 6) is 0.0292. The Morgan fingerprint density at radius 3 is 2.42 bits per heavy atom. The van der Waals surface area contributed by atoms with Gasteiger partial charge in [0.2, 0.25) is 0 Å². The van der Waals surface area contributed by atoms with E-state index in [0.29, 0.717) is 63.3 Å². The van der Waals surface area contributed by atoms with E-state index in [1.54, 1.807) is 24.3 Å². The normalized spacial score (nSPS) is 21.6. The molecule has 236 valence electrons. The summed E-state index contributed by atoms with van der Waals surface area (Å²) in [6.07, 6.45) is 6.60. The number of carbonyl (C=O) groups excluding carboxylic acids is 1. The van der Waals surface area contributed by atoms with Crippen molar-refractivity contribution in [3.05, 3.63) is 87.3 Å². The van der Waals surface area contributed by atoms with E-state index in [9.17, 15) is 4.79 Å². The molecule has 6 rings (SSSR count). The second-order valence-corrected chi connectivity index (χ2v) is 12.7. The van der Waals surface area contributed by atoms with Crippen molar-refractivity contribution >= 4 is 51.9 Å². The molecule has 2 aromatic heterocycles. The predicted molar refractivity (Wildman–Crippen MR) is 175 cm³/mol. The number of fused-ring (bicyclic) bond motifs is 1. The standard InChI is InChI=1S/C34H36Cl2FN5O3/c1-20-18-41(19-21(2)39-20)34(43)24-9-7-23(8-10-24)29(37)15-30-26-14-25(45-22(3)33-27(35)16-38-17-28(33)36)11-12-31(26)42(40-30)32-6-4-5-13-44-32/h7-12,14-17,20-22,32,39H,4-6,13,18-19H2,1-3H3/b29-15-/t20-,21+,22-,32?/m1/s1. The Morgan fingerprint density at radius 1 is 1.07 bits per heavy atom. The van der Waals surface area contributed by atoms with Crippen LogP contribution in [0.3, 0.4) is 0 Å². The van der Waals surface area contributed by atoms with Crippen LogP contribution in [0.4, 0.5) is 4.39 Å². The number of piperazine rings is 1. The Kier molecular flexibility index (Phi) is 9.42. The number of benzene rings is 2. The fourth-order valence-corrected chi connectivity index (χ4v) is 6.86. The van der Waals surface area contributed by atoms with Crippen molar-refractivity contribution in [2.45, 2.75) is 64.4 Å². The summed E-state index contributed by atoms with van der Waals surface area (Å²) < 4.78 is 29.9. The quantitative estimate of drug-likeness (QED) is 0.219. The van der Waals surface area contributed by atoms with Crippen molar-refractivity contribution in [3.63, 3.8) is 0 Å². The number of halogens is 3. The Morgan fingerprint density at radius 2 is 1.76 bits per heavy atom. The van der Waals surface area contributed by atoms with Gasteiger partial charge in [-0.05, 0) is 70.4 Å². The molecule has 0 spiro atoms. The number of amides is 1. The highest BCUT2D eigenvalue weighted by Gasteiger charge is 2.26. The van der Waals surface area contributed by atoms with Crippen LogP contribution < -0.4 is 10.1 Å². The molecule has 4 heterocycles. The first-order valence-electron chi connectivity index (χ1n) is 15.3. The lowest BCUT2D eigenvalue weighted by atomic mass is 10.1. The molecule has 45 heavy (non-hydrogen) atoms. The zero-order chi connectivity index (χ0) is 31.7. The van der Waals surface area contributed by atoms with Crippen molar-refractivity contribution in [2.75, 3.05) is 19.7 Å². The minimum absolute atomic E-state index is 0.0561. The summed E-state index contributed by atoms with van der Waals surface area (Å²) in [6.45, 7) is 7.89. The highest BCUT2D eigenvalue weighted by molar-refractivity contribution is 6.35. The molecule has 4 aromatic rings. The van der Waals surface area contributed by atoms with Crippen LogP contribution in [-0.4, -0.2) is 57.4 Å². The maximum absolute atomic E-state index is 15.8. The van der Waals surface area contributed by atoms with E-state index in [1.807, 2.05) is 34.7 Å². The third-order valence-corrected chi connectivity index (χ3v) is 8.86. The van der Waals surface area contributed by atoms with Gasteiger partial charge in [0.25, 0.3) is 5.91 Å². The van der Waals surface area contributed by atoms with Crippen molar-refractivity contribution in [1.29, 1.82) is 0 Å². The van der Waals surface area contributed by atoms with Crippen molar-refractivity contribution in [1.82, 2.24) is 25.0 Å². The number of hydrogen-bond donors (Lipinski definition) is 1. The van der Waals surface area contributed by atoms with E-state index >= 15 is 4.39 Å². The predicted octanol–water partition coefficient (Wildman–Crippen LogP) is 7.87. The van der Waals surface area contributed by atoms with Crippen LogP contribution in [0, 0.1) is 0 Å². The minimum atomic E-state index is -0.468. The van der Waals surface area contributed by atoms with Gasteiger partial charge in [-0.3, -0.25) is 9.78 Å². The first kappa shape index (κ1) is 31.5. The van der Waals surface area contributed by atoms with Gasteiger partial charge in [0, 0.05) is 72.3 Å². The monoisotopic (exact) mass is 651 g/mol. The first-order chi connectivity index (χ1) is 21.7. The molecule has 0 bridgehead atoms. The maximum Gasteiger partial charge on any atom is 0.253 e. The van der Waals surface area contributed by atoms with Crippen LogP contribution in [0.1, 0.15) is 79.5 Å². The lowest BCUT2D eigenvalue weighted by Gasteiger charge is -2.36. The zero-order valence-electron chi connectivity index (χ0n) is 25.5. The molecule has 2 saturated heterocycles. The maximum atomic E-state index is 15.8. The van der Waals surface area contributed by atoms with E-state index in [0.717, 1.165) is 24.8 Å². The van der Waals surface area contributed by atoms with E-state index in [-0.39, 0.29) is 24.2 Å². The number of pyridine rings is 1. The summed E-state index contributed by atoms with van der Waals surface area (Å²) >= 11 is 12.7. The van der Waals surface area contributed by atoms with Crippen molar-refractivity contribution in [2.24, 2.45) is 0 Å². The number of hydrogen-bond acceptors (Lipinski definition) is 6. The van der Waals surface area contributed by atoms with E-state index in [4.69, 9.17) is 37.8 Å². The zero-order valence-corrected chi connectivity index (χ0v) is 27.0. The topological polar surface area (TPSA) is 81.5 Å². The lowest BCUT2D eigenvalue weighted by Crippen LogP contribution is -2.55. The molecule has 1 unspecified atom stereocenters. The highest BCUT2D eigenvalue weighted by atomic mass is 35.5. The van der Waals surface area contributed by atoms with Gasteiger partial charge >= 0.3 is 0 Å². The number of nitrogens with zero attached hydrogens (tertiary/aromatic N) is 4. The summed E-state index contributed by atoms with van der Waals surface area (Å²) in [4.78, 5) is 19.0. The number of rotatable bonds is 7. The number of carbonyl (C=O) groups is 1. The second-order valence-electron chi connectivity index (χ2n) is 11.9. The molecule has 2 aliphatic heterocycles. The summed E-state index contributed by atoms with van der Waals surface area (Å²) in [5, 5.41) is 9.78. The molecular formula is C34H36Cl2FN5O3. The lowest BCUT2D eigenvalue weighted by molar-refractivity contribution is -0.0367. The molecule has 0 aliphatic carbocycles. The Labute approximate surface area is 272 Å². The van der Waals surface area contributed by atoms with Gasteiger partial charge in [0.15, 0.2) is 6.23 Å². The van der Waals surface area contributed by atoms with Gasteiger partial charge in [-0.2, -0.15) is 5.10 Å². The molecule has 0 saturated carbocycles. The summed E-state index contributed by atoms with van der Waals surface area (Å²) in [6, 6.07) is 12.7. The molecule has 11 heteroatoms. The van der Waals surface area contributed by atoms with Crippen LogP contribution in [0.15, 0.2) is 54.9 Å². The van der Waals surface area contributed by atoms with Crippen LogP contribution in [0.5, 0.6) is 5.75 Å². The number of nitrogens with one attached hydrogen (secondary N) is 1. The van der Waals surface area contributed by atoms with Gasteiger partial charge < -0.3 is 19.7 Å². The molecule has 1 N–H and O–H groups in total. The average molecular weight is 653 g/mol. The molecule has 2 aromatic carbocycles. The Bertz CT molecular complexity index is 1690. The van der Waals surface area contributed by atoms with E-state index in [2.05, 4.69) is 24.1 Å². The fourth-order valence-electron chi connectivity index (χ4n) is 6.18. The molecule has 0 radical (unpaired) electrons. The largest absolute Gasteiger partial charge is 0.486 e. The second kappa shape index (κ2) is 13.5. The smallest absolute Gasteiger partial charge is 0.253 e. The van der Waals surface area contributed by atoms with E-state index in [1.165, 1.54) is 18.5 Å². The van der Waals surface area contributed by atoms with Gasteiger partial charge in [0.05, 0.1) is 21.3 Å². The molecule has 2 fully saturated rings. The Hall–Kier alpha value is -3.50. The average Bonchev–Trinajstić information content (AvgIpc) is 3.38. The number of aromatic nitrogens is 3. The molecule has 1 amide bonds. The first-order valence-corrected chi connectivity index (χ1v) is 16.1. The Balaban J connectivity index is 1.30. The van der Waals surface area contributed by atoms with Crippen LogP contribution in [0.25, 0.3) is 22.8 Å².